The topological polar surface area (TPSA) is 0 Å². The highest BCUT2D eigenvalue weighted by atomic mass is 35.6. The Morgan fingerprint density at radius 1 is 0.929 bits per heavy atom. The van der Waals surface area contributed by atoms with Gasteiger partial charge in [-0.3, -0.25) is 0 Å². The zero-order valence-corrected chi connectivity index (χ0v) is 13.2. The van der Waals surface area contributed by atoms with E-state index in [2.05, 4.69) is 22.3 Å². The summed E-state index contributed by atoms with van der Waals surface area (Å²) in [7, 11) is 1.53. The lowest BCUT2D eigenvalue weighted by Gasteiger charge is -2.11. The molecule has 0 aliphatic heterocycles. The van der Waals surface area contributed by atoms with Crippen LogP contribution in [-0.2, 0) is 0 Å². The second kappa shape index (κ2) is 10.7. The fourth-order valence-electron chi connectivity index (χ4n) is 1.40. The van der Waals surface area contributed by atoms with Crippen molar-refractivity contribution in [3.05, 3.63) is 0 Å². The molecule has 0 amide bonds. The molecule has 0 N–H and O–H groups in total. The van der Waals surface area contributed by atoms with Crippen LogP contribution >= 0.6 is 32.7 Å². The first-order chi connectivity index (χ1) is 6.06. The van der Waals surface area contributed by atoms with Gasteiger partial charge in [-0.2, -0.15) is 11.1 Å². The Balaban J connectivity index is 0. The summed E-state index contributed by atoms with van der Waals surface area (Å²) in [6, 6.07) is 1.29. The second-order valence-electron chi connectivity index (χ2n) is 4.38. The van der Waals surface area contributed by atoms with Crippen LogP contribution < -0.4 is 0 Å². The van der Waals surface area contributed by atoms with E-state index in [1.165, 1.54) is 50.7 Å². The highest BCUT2D eigenvalue weighted by Crippen LogP contribution is 2.19. The molecule has 0 nitrogen and oxygen atoms in total. The van der Waals surface area contributed by atoms with Gasteiger partial charge >= 0.3 is 0 Å². The first-order valence-corrected chi connectivity index (χ1v) is 10.5. The van der Waals surface area contributed by atoms with E-state index in [0.29, 0.717) is 0 Å². The fourth-order valence-corrected chi connectivity index (χ4v) is 3.18. The predicted octanol–water partition coefficient (Wildman–Crippen LogP) is 5.07. The highest BCUT2D eigenvalue weighted by Gasteiger charge is 2.15. The van der Waals surface area contributed by atoms with Gasteiger partial charge in [0.2, 0.25) is 0 Å². The minimum Gasteiger partial charge on any atom is -0.168 e. The van der Waals surface area contributed by atoms with Crippen molar-refractivity contribution < 1.29 is 0 Å². The monoisotopic (exact) mass is 274 g/mol. The average molecular weight is 275 g/mol. The summed E-state index contributed by atoms with van der Waals surface area (Å²) in [5.74, 6) is 0. The van der Waals surface area contributed by atoms with Gasteiger partial charge in [-0.05, 0) is 18.6 Å². The Labute approximate surface area is 104 Å². The van der Waals surface area contributed by atoms with Crippen LogP contribution in [0.1, 0.15) is 38.5 Å². The first kappa shape index (κ1) is 17.6. The lowest BCUT2D eigenvalue weighted by Crippen LogP contribution is -2.14. The maximum Gasteiger partial charge on any atom is 0.150 e. The van der Waals surface area contributed by atoms with Crippen LogP contribution in [0.25, 0.3) is 0 Å². The van der Waals surface area contributed by atoms with Crippen LogP contribution in [0.5, 0.6) is 0 Å². The van der Waals surface area contributed by atoms with E-state index < -0.39 is 7.38 Å². The number of rotatable bonds is 8. The van der Waals surface area contributed by atoms with Crippen molar-refractivity contribution in [1.82, 2.24) is 0 Å². The smallest absolute Gasteiger partial charge is 0.150 e. The van der Waals surface area contributed by atoms with Gasteiger partial charge in [-0.25, -0.2) is 0 Å². The van der Waals surface area contributed by atoms with E-state index in [1.807, 2.05) is 0 Å². The first-order valence-electron chi connectivity index (χ1n) is 5.45. The minimum atomic E-state index is -1.26. The molecule has 0 saturated carbocycles. The van der Waals surface area contributed by atoms with E-state index >= 15 is 0 Å². The van der Waals surface area contributed by atoms with Crippen molar-refractivity contribution in [2.45, 2.75) is 57.7 Å². The zero-order chi connectivity index (χ0) is 10.2. The molecule has 0 aromatic carbocycles. The normalized spacial score (nSPS) is 11.1. The number of halogens is 2. The summed E-state index contributed by atoms with van der Waals surface area (Å²) in [6.45, 7) is 4.48. The summed E-state index contributed by atoms with van der Waals surface area (Å²) >= 11 is 6.23. The molecule has 0 aromatic heterocycles. The Morgan fingerprint density at radius 3 is 1.79 bits per heavy atom. The van der Waals surface area contributed by atoms with E-state index in [-0.39, 0.29) is 12.4 Å². The van der Waals surface area contributed by atoms with Crippen LogP contribution in [0, 0.1) is 0 Å². The molecule has 0 radical (unpaired) electrons. The molecule has 0 rings (SSSR count). The van der Waals surface area contributed by atoms with Crippen LogP contribution in [0.3, 0.4) is 0 Å². The summed E-state index contributed by atoms with van der Waals surface area (Å²) in [4.78, 5) is 0. The van der Waals surface area contributed by atoms with Gasteiger partial charge in [0.25, 0.3) is 0 Å². The minimum absolute atomic E-state index is 0. The fraction of sp³-hybridized carbons (Fsp3) is 1.00. The van der Waals surface area contributed by atoms with Crippen molar-refractivity contribution >= 4 is 40.1 Å². The molecule has 1 atom stereocenters. The second-order valence-corrected chi connectivity index (χ2v) is 12.0. The summed E-state index contributed by atoms with van der Waals surface area (Å²) in [5.41, 5.74) is 0. The number of hydrogen-bond acceptors (Lipinski definition) is 0. The maximum absolute atomic E-state index is 6.23. The third-order valence-electron chi connectivity index (χ3n) is 2.23. The molecule has 4 heteroatoms. The summed E-state index contributed by atoms with van der Waals surface area (Å²) in [6.07, 6.45) is 9.61. The third-order valence-corrected chi connectivity index (χ3v) is 4.74. The van der Waals surface area contributed by atoms with Crippen molar-refractivity contribution in [1.29, 1.82) is 0 Å². The largest absolute Gasteiger partial charge is 0.168 e. The van der Waals surface area contributed by atoms with Gasteiger partial charge in [0.1, 0.15) is 7.38 Å². The van der Waals surface area contributed by atoms with Crippen molar-refractivity contribution in [2.24, 2.45) is 0 Å². The zero-order valence-electron chi connectivity index (χ0n) is 9.52. The molecule has 0 aliphatic carbocycles. The Hall–Kier alpha value is 1.23. The molecule has 1 unspecified atom stereocenters. The summed E-state index contributed by atoms with van der Waals surface area (Å²) in [5, 5.41) is 0. The quantitative estimate of drug-likeness (QED) is 0.251. The van der Waals surface area contributed by atoms with Gasteiger partial charge in [0.05, 0.1) is 0 Å². The van der Waals surface area contributed by atoms with E-state index in [9.17, 15) is 0 Å². The van der Waals surface area contributed by atoms with Crippen molar-refractivity contribution in [3.8, 4) is 0 Å². The molecule has 0 aliphatic rings. The van der Waals surface area contributed by atoms with Crippen LogP contribution in [0.4, 0.5) is 0 Å². The molecule has 14 heavy (non-hydrogen) atoms. The molecular weight excluding hydrogens is 250 g/mol. The number of unbranched alkanes of at least 4 members (excludes halogenated alkanes) is 5. The number of hydrogen-bond donors (Lipinski definition) is 0. The molecule has 88 valence electrons. The predicted molar refractivity (Wildman–Crippen MR) is 77.7 cm³/mol. The Bertz CT molecular complexity index is 115. The van der Waals surface area contributed by atoms with Crippen molar-refractivity contribution in [2.75, 3.05) is 6.16 Å². The van der Waals surface area contributed by atoms with E-state index in [4.69, 9.17) is 11.1 Å². The van der Waals surface area contributed by atoms with Gasteiger partial charge < -0.3 is 0 Å². The van der Waals surface area contributed by atoms with E-state index in [1.54, 1.807) is 0 Å². The lowest BCUT2D eigenvalue weighted by atomic mass is 10.1. The summed E-state index contributed by atoms with van der Waals surface area (Å²) < 4.78 is 0. The highest BCUT2D eigenvalue weighted by molar-refractivity contribution is 7.19. The molecule has 0 fully saturated rings. The molecule has 0 saturated heterocycles. The van der Waals surface area contributed by atoms with Gasteiger partial charge in [0, 0.05) is 0 Å². The van der Waals surface area contributed by atoms with Gasteiger partial charge in [0.15, 0.2) is 0 Å². The SMILES string of the molecule is C[Si](C)(Cl)CCCCCCCCP.Cl. The van der Waals surface area contributed by atoms with Crippen LogP contribution in [0.2, 0.25) is 19.1 Å². The van der Waals surface area contributed by atoms with Crippen molar-refractivity contribution in [3.63, 3.8) is 0 Å². The molecule has 0 aromatic rings. The van der Waals surface area contributed by atoms with Crippen LogP contribution in [0.15, 0.2) is 0 Å². The van der Waals surface area contributed by atoms with E-state index in [0.717, 1.165) is 0 Å². The van der Waals surface area contributed by atoms with Gasteiger partial charge in [-0.1, -0.05) is 45.2 Å². The Morgan fingerprint density at radius 2 is 1.36 bits per heavy atom. The molecule has 0 heterocycles. The van der Waals surface area contributed by atoms with Crippen LogP contribution in [-0.4, -0.2) is 13.5 Å². The maximum atomic E-state index is 6.23. The average Bonchev–Trinajstić information content (AvgIpc) is 2.01. The molecule has 0 bridgehead atoms. The third kappa shape index (κ3) is 15.7. The Kier molecular flexibility index (Phi) is 13.5. The molecule has 0 spiro atoms. The standard InChI is InChI=1S/C10H24ClPSi.ClH/c1-13(2,11)10-8-6-4-3-5-7-9-12;/h3-10,12H2,1-2H3;1H. The lowest BCUT2D eigenvalue weighted by molar-refractivity contribution is 0.625. The molecular formula is C10H25Cl2PSi. The van der Waals surface area contributed by atoms with Gasteiger partial charge in [-0.15, -0.1) is 21.6 Å².